The second-order valence-electron chi connectivity index (χ2n) is 3.24. The molecule has 0 rings (SSSR count). The van der Waals surface area contributed by atoms with Crippen LogP contribution in [0.2, 0.25) is 0 Å². The van der Waals surface area contributed by atoms with Crippen LogP contribution in [-0.4, -0.2) is 36.2 Å². The van der Waals surface area contributed by atoms with Crippen molar-refractivity contribution in [1.82, 2.24) is 5.32 Å². The summed E-state index contributed by atoms with van der Waals surface area (Å²) in [6.07, 6.45) is 2.70. The van der Waals surface area contributed by atoms with Gasteiger partial charge < -0.3 is 15.2 Å². The van der Waals surface area contributed by atoms with Crippen molar-refractivity contribution in [3.8, 4) is 0 Å². The van der Waals surface area contributed by atoms with E-state index >= 15 is 0 Å². The fourth-order valence-electron chi connectivity index (χ4n) is 0.809. The predicted octanol–water partition coefficient (Wildman–Crippen LogP) is 0.558. The Morgan fingerprint density at radius 3 is 2.60 bits per heavy atom. The van der Waals surface area contributed by atoms with Crippen LogP contribution in [0.1, 0.15) is 20.3 Å². The Bertz CT molecular complexity index is 236. The SMILES string of the molecule is CC(C)OCCCNC(=O)/C=C/C(=O)O. The maximum Gasteiger partial charge on any atom is 0.328 e. The third kappa shape index (κ3) is 10.6. The normalized spacial score (nSPS) is 10.9. The molecule has 0 spiro atoms. The Labute approximate surface area is 89.1 Å². The standard InChI is InChI=1S/C10H17NO4/c1-8(2)15-7-3-6-11-9(12)4-5-10(13)14/h4-5,8H,3,6-7H2,1-2H3,(H,11,12)(H,13,14)/b5-4+. The molecule has 0 saturated carbocycles. The van der Waals surface area contributed by atoms with Crippen LogP contribution in [0.25, 0.3) is 0 Å². The van der Waals surface area contributed by atoms with Crippen LogP contribution in [0.5, 0.6) is 0 Å². The molecule has 1 amide bonds. The fraction of sp³-hybridized carbons (Fsp3) is 0.600. The first kappa shape index (κ1) is 13.6. The number of hydrogen-bond acceptors (Lipinski definition) is 3. The highest BCUT2D eigenvalue weighted by Gasteiger charge is 1.97. The molecule has 2 N–H and O–H groups in total. The van der Waals surface area contributed by atoms with Crippen LogP contribution >= 0.6 is 0 Å². The van der Waals surface area contributed by atoms with Crippen LogP contribution in [0.4, 0.5) is 0 Å². The molecule has 0 aromatic heterocycles. The molecular formula is C10H17NO4. The Hall–Kier alpha value is -1.36. The largest absolute Gasteiger partial charge is 0.478 e. The molecule has 0 aliphatic heterocycles. The second kappa shape index (κ2) is 7.99. The molecule has 0 heterocycles. The molecule has 0 atom stereocenters. The number of carbonyl (C=O) groups excluding carboxylic acids is 1. The summed E-state index contributed by atoms with van der Waals surface area (Å²) in [7, 11) is 0. The summed E-state index contributed by atoms with van der Waals surface area (Å²) >= 11 is 0. The minimum Gasteiger partial charge on any atom is -0.478 e. The Kier molecular flexibility index (Phi) is 7.27. The first-order valence-corrected chi connectivity index (χ1v) is 4.83. The fourth-order valence-corrected chi connectivity index (χ4v) is 0.809. The minimum absolute atomic E-state index is 0.188. The molecule has 0 bridgehead atoms. The van der Waals surface area contributed by atoms with Gasteiger partial charge >= 0.3 is 5.97 Å². The van der Waals surface area contributed by atoms with E-state index in [1.807, 2.05) is 13.8 Å². The first-order valence-electron chi connectivity index (χ1n) is 4.83. The maximum absolute atomic E-state index is 10.9. The summed E-state index contributed by atoms with van der Waals surface area (Å²) in [6, 6.07) is 0. The van der Waals surface area contributed by atoms with Gasteiger partial charge in [-0.05, 0) is 20.3 Å². The van der Waals surface area contributed by atoms with Crippen molar-refractivity contribution in [3.63, 3.8) is 0 Å². The van der Waals surface area contributed by atoms with E-state index in [1.54, 1.807) is 0 Å². The van der Waals surface area contributed by atoms with Crippen LogP contribution < -0.4 is 5.32 Å². The van der Waals surface area contributed by atoms with E-state index in [2.05, 4.69) is 5.32 Å². The maximum atomic E-state index is 10.9. The summed E-state index contributed by atoms with van der Waals surface area (Å²) in [6.45, 7) is 4.94. The number of aliphatic carboxylic acids is 1. The van der Waals surface area contributed by atoms with Crippen LogP contribution in [-0.2, 0) is 14.3 Å². The zero-order valence-electron chi connectivity index (χ0n) is 9.03. The van der Waals surface area contributed by atoms with Crippen molar-refractivity contribution >= 4 is 11.9 Å². The third-order valence-electron chi connectivity index (χ3n) is 1.45. The average molecular weight is 215 g/mol. The number of ether oxygens (including phenoxy) is 1. The van der Waals surface area contributed by atoms with Gasteiger partial charge in [-0.15, -0.1) is 0 Å². The summed E-state index contributed by atoms with van der Waals surface area (Å²) in [5.74, 6) is -1.53. The van der Waals surface area contributed by atoms with Gasteiger partial charge in [0.1, 0.15) is 0 Å². The molecule has 0 fully saturated rings. The van der Waals surface area contributed by atoms with Crippen LogP contribution in [0, 0.1) is 0 Å². The number of nitrogens with one attached hydrogen (secondary N) is 1. The van der Waals surface area contributed by atoms with Crippen molar-refractivity contribution in [2.45, 2.75) is 26.4 Å². The van der Waals surface area contributed by atoms with E-state index in [0.717, 1.165) is 12.2 Å². The van der Waals surface area contributed by atoms with E-state index in [4.69, 9.17) is 9.84 Å². The minimum atomic E-state index is -1.13. The molecule has 5 heteroatoms. The van der Waals surface area contributed by atoms with Gasteiger partial charge in [0.15, 0.2) is 0 Å². The molecule has 0 aromatic carbocycles. The quantitative estimate of drug-likeness (QED) is 0.480. The Morgan fingerprint density at radius 1 is 1.40 bits per heavy atom. The van der Waals surface area contributed by atoms with Gasteiger partial charge in [-0.3, -0.25) is 4.79 Å². The number of carboxylic acids is 1. The van der Waals surface area contributed by atoms with E-state index in [1.165, 1.54) is 0 Å². The molecule has 0 saturated heterocycles. The molecule has 5 nitrogen and oxygen atoms in total. The number of carboxylic acid groups (broad SMARTS) is 1. The summed E-state index contributed by atoms with van der Waals surface area (Å²) < 4.78 is 5.26. The van der Waals surface area contributed by atoms with Crippen molar-refractivity contribution in [1.29, 1.82) is 0 Å². The van der Waals surface area contributed by atoms with E-state index in [0.29, 0.717) is 19.6 Å². The van der Waals surface area contributed by atoms with Crippen LogP contribution in [0.3, 0.4) is 0 Å². The summed E-state index contributed by atoms with van der Waals surface area (Å²) in [5.41, 5.74) is 0. The molecule has 0 unspecified atom stereocenters. The summed E-state index contributed by atoms with van der Waals surface area (Å²) in [5, 5.41) is 10.8. The highest BCUT2D eigenvalue weighted by Crippen LogP contribution is 1.89. The second-order valence-corrected chi connectivity index (χ2v) is 3.24. The van der Waals surface area contributed by atoms with Gasteiger partial charge in [-0.25, -0.2) is 4.79 Å². The monoisotopic (exact) mass is 215 g/mol. The van der Waals surface area contributed by atoms with Gasteiger partial charge in [-0.1, -0.05) is 0 Å². The molecule has 0 radical (unpaired) electrons. The Balaban J connectivity index is 3.43. The number of hydrogen-bond donors (Lipinski definition) is 2. The van der Waals surface area contributed by atoms with Crippen molar-refractivity contribution in [2.24, 2.45) is 0 Å². The van der Waals surface area contributed by atoms with E-state index in [-0.39, 0.29) is 6.10 Å². The van der Waals surface area contributed by atoms with Gasteiger partial charge in [-0.2, -0.15) is 0 Å². The van der Waals surface area contributed by atoms with Crippen molar-refractivity contribution in [2.75, 3.05) is 13.2 Å². The van der Waals surface area contributed by atoms with Crippen molar-refractivity contribution in [3.05, 3.63) is 12.2 Å². The molecule has 0 aliphatic rings. The Morgan fingerprint density at radius 2 is 2.07 bits per heavy atom. The molecule has 0 aromatic rings. The lowest BCUT2D eigenvalue weighted by Gasteiger charge is -2.06. The molecule has 86 valence electrons. The summed E-state index contributed by atoms with van der Waals surface area (Å²) in [4.78, 5) is 21.0. The van der Waals surface area contributed by atoms with Crippen molar-refractivity contribution < 1.29 is 19.4 Å². The van der Waals surface area contributed by atoms with E-state index < -0.39 is 11.9 Å². The lowest BCUT2D eigenvalue weighted by molar-refractivity contribution is -0.131. The van der Waals surface area contributed by atoms with Gasteiger partial charge in [0.25, 0.3) is 0 Å². The highest BCUT2D eigenvalue weighted by molar-refractivity contribution is 5.93. The average Bonchev–Trinajstić information content (AvgIpc) is 2.13. The van der Waals surface area contributed by atoms with E-state index in [9.17, 15) is 9.59 Å². The number of amides is 1. The zero-order chi connectivity index (χ0) is 11.7. The zero-order valence-corrected chi connectivity index (χ0v) is 9.03. The highest BCUT2D eigenvalue weighted by atomic mass is 16.5. The topological polar surface area (TPSA) is 75.6 Å². The lowest BCUT2D eigenvalue weighted by Crippen LogP contribution is -2.23. The number of rotatable bonds is 7. The van der Waals surface area contributed by atoms with Crippen LogP contribution in [0.15, 0.2) is 12.2 Å². The van der Waals surface area contributed by atoms with Gasteiger partial charge in [0.2, 0.25) is 5.91 Å². The molecular weight excluding hydrogens is 198 g/mol. The molecule has 0 aliphatic carbocycles. The predicted molar refractivity (Wildman–Crippen MR) is 55.5 cm³/mol. The first-order chi connectivity index (χ1) is 7.02. The molecule has 15 heavy (non-hydrogen) atoms. The smallest absolute Gasteiger partial charge is 0.328 e. The van der Waals surface area contributed by atoms with Gasteiger partial charge in [0.05, 0.1) is 6.10 Å². The lowest BCUT2D eigenvalue weighted by atomic mass is 10.4. The third-order valence-corrected chi connectivity index (χ3v) is 1.45. The van der Waals surface area contributed by atoms with Gasteiger partial charge in [0, 0.05) is 25.3 Å². The number of carbonyl (C=O) groups is 2.